The van der Waals surface area contributed by atoms with E-state index in [2.05, 4.69) is 29.8 Å². The molecular formula is C23H37BrO2. The predicted octanol–water partition coefficient (Wildman–Crippen LogP) is 8.09. The number of unbranched alkanes of at least 4 members (excludes halogenated alkanes) is 9. The molecule has 0 fully saturated rings. The van der Waals surface area contributed by atoms with Crippen LogP contribution >= 0.6 is 15.9 Å². The first kappa shape index (κ1) is 23.2. The maximum atomic E-state index is 12.4. The fourth-order valence-electron chi connectivity index (χ4n) is 3.29. The van der Waals surface area contributed by atoms with E-state index in [-0.39, 0.29) is 12.1 Å². The van der Waals surface area contributed by atoms with E-state index >= 15 is 0 Å². The standard InChI is InChI=1S/C23H37BrO2/c1-3-5-6-7-8-9-10-11-12-13-17-20(16-4-2)26-23(25)21-18-14-15-19-22(21)24/h14-15,18-20H,3-13,16-17H2,1-2H3. The summed E-state index contributed by atoms with van der Waals surface area (Å²) in [5, 5.41) is 0. The lowest BCUT2D eigenvalue weighted by Gasteiger charge is -2.17. The Balaban J connectivity index is 2.19. The largest absolute Gasteiger partial charge is 0.459 e. The van der Waals surface area contributed by atoms with Gasteiger partial charge in [0.15, 0.2) is 0 Å². The molecule has 0 aliphatic carbocycles. The summed E-state index contributed by atoms with van der Waals surface area (Å²) >= 11 is 3.43. The Morgan fingerprint density at radius 2 is 1.42 bits per heavy atom. The van der Waals surface area contributed by atoms with Crippen LogP contribution in [0, 0.1) is 0 Å². The molecule has 2 nitrogen and oxygen atoms in total. The molecule has 0 saturated heterocycles. The van der Waals surface area contributed by atoms with E-state index in [0.717, 1.165) is 30.2 Å². The molecule has 0 aromatic heterocycles. The van der Waals surface area contributed by atoms with Crippen LogP contribution in [0.5, 0.6) is 0 Å². The molecule has 0 spiro atoms. The highest BCUT2D eigenvalue weighted by molar-refractivity contribution is 9.10. The molecule has 1 aromatic rings. The Kier molecular flexibility index (Phi) is 13.6. The van der Waals surface area contributed by atoms with Gasteiger partial charge < -0.3 is 4.74 Å². The third kappa shape index (κ3) is 10.4. The number of carbonyl (C=O) groups is 1. The molecule has 0 N–H and O–H groups in total. The monoisotopic (exact) mass is 424 g/mol. The number of ether oxygens (including phenoxy) is 1. The molecule has 0 amide bonds. The van der Waals surface area contributed by atoms with Gasteiger partial charge in [0.1, 0.15) is 6.10 Å². The SMILES string of the molecule is CCCCCCCCCCCCC(CCC)OC(=O)c1ccccc1Br. The van der Waals surface area contributed by atoms with Crippen LogP contribution in [0.3, 0.4) is 0 Å². The summed E-state index contributed by atoms with van der Waals surface area (Å²) in [4.78, 5) is 12.4. The molecule has 0 saturated carbocycles. The second kappa shape index (κ2) is 15.2. The zero-order valence-electron chi connectivity index (χ0n) is 16.8. The van der Waals surface area contributed by atoms with Gasteiger partial charge in [-0.3, -0.25) is 0 Å². The molecule has 1 rings (SSSR count). The molecule has 0 heterocycles. The highest BCUT2D eigenvalue weighted by Gasteiger charge is 2.17. The van der Waals surface area contributed by atoms with Gasteiger partial charge in [-0.05, 0) is 47.3 Å². The zero-order valence-corrected chi connectivity index (χ0v) is 18.4. The van der Waals surface area contributed by atoms with Crippen molar-refractivity contribution >= 4 is 21.9 Å². The van der Waals surface area contributed by atoms with Crippen LogP contribution < -0.4 is 0 Å². The van der Waals surface area contributed by atoms with E-state index in [1.54, 1.807) is 0 Å². The van der Waals surface area contributed by atoms with Gasteiger partial charge in [-0.2, -0.15) is 0 Å². The van der Waals surface area contributed by atoms with Gasteiger partial charge in [0.25, 0.3) is 0 Å². The van der Waals surface area contributed by atoms with Crippen molar-refractivity contribution in [3.05, 3.63) is 34.3 Å². The average molecular weight is 425 g/mol. The minimum absolute atomic E-state index is 0.0497. The molecule has 1 atom stereocenters. The lowest BCUT2D eigenvalue weighted by Crippen LogP contribution is -2.18. The van der Waals surface area contributed by atoms with Crippen molar-refractivity contribution in [2.24, 2.45) is 0 Å². The molecular weight excluding hydrogens is 388 g/mol. The summed E-state index contributed by atoms with van der Waals surface area (Å²) < 4.78 is 6.58. The van der Waals surface area contributed by atoms with Crippen molar-refractivity contribution in [2.45, 2.75) is 103 Å². The number of benzene rings is 1. The number of esters is 1. The summed E-state index contributed by atoms with van der Waals surface area (Å²) in [6.45, 7) is 4.42. The zero-order chi connectivity index (χ0) is 19.0. The fraction of sp³-hybridized carbons (Fsp3) is 0.696. The van der Waals surface area contributed by atoms with Gasteiger partial charge in [-0.1, -0.05) is 90.2 Å². The van der Waals surface area contributed by atoms with Gasteiger partial charge >= 0.3 is 5.97 Å². The van der Waals surface area contributed by atoms with Crippen molar-refractivity contribution in [1.29, 1.82) is 0 Å². The molecule has 1 unspecified atom stereocenters. The summed E-state index contributed by atoms with van der Waals surface area (Å²) in [5.41, 5.74) is 0.622. The van der Waals surface area contributed by atoms with Crippen molar-refractivity contribution in [1.82, 2.24) is 0 Å². The van der Waals surface area contributed by atoms with E-state index < -0.39 is 0 Å². The van der Waals surface area contributed by atoms with E-state index in [1.165, 1.54) is 57.8 Å². The Labute approximate surface area is 169 Å². The minimum atomic E-state index is -0.206. The third-order valence-corrected chi connectivity index (χ3v) is 5.55. The maximum Gasteiger partial charge on any atom is 0.339 e. The van der Waals surface area contributed by atoms with E-state index in [1.807, 2.05) is 24.3 Å². The van der Waals surface area contributed by atoms with Crippen LogP contribution in [0.4, 0.5) is 0 Å². The van der Waals surface area contributed by atoms with Crippen LogP contribution in [-0.2, 0) is 4.74 Å². The molecule has 0 radical (unpaired) electrons. The van der Waals surface area contributed by atoms with E-state index in [9.17, 15) is 4.79 Å². The van der Waals surface area contributed by atoms with Gasteiger partial charge in [0, 0.05) is 4.47 Å². The van der Waals surface area contributed by atoms with Gasteiger partial charge in [-0.15, -0.1) is 0 Å². The molecule has 0 aliphatic heterocycles. The first-order valence-electron chi connectivity index (χ1n) is 10.6. The molecule has 1 aromatic carbocycles. The minimum Gasteiger partial charge on any atom is -0.459 e. The van der Waals surface area contributed by atoms with Crippen LogP contribution in [0.1, 0.15) is 108 Å². The number of hydrogen-bond donors (Lipinski definition) is 0. The van der Waals surface area contributed by atoms with Crippen LogP contribution in [0.2, 0.25) is 0 Å². The van der Waals surface area contributed by atoms with Crippen molar-refractivity contribution in [3.8, 4) is 0 Å². The highest BCUT2D eigenvalue weighted by atomic mass is 79.9. The number of carbonyl (C=O) groups excluding carboxylic acids is 1. The highest BCUT2D eigenvalue weighted by Crippen LogP contribution is 2.20. The second-order valence-electron chi connectivity index (χ2n) is 7.27. The Morgan fingerprint density at radius 3 is 2.00 bits per heavy atom. The Morgan fingerprint density at radius 1 is 0.846 bits per heavy atom. The third-order valence-electron chi connectivity index (χ3n) is 4.86. The molecule has 0 bridgehead atoms. The molecule has 148 valence electrons. The van der Waals surface area contributed by atoms with E-state index in [0.29, 0.717) is 5.56 Å². The van der Waals surface area contributed by atoms with Crippen molar-refractivity contribution < 1.29 is 9.53 Å². The second-order valence-corrected chi connectivity index (χ2v) is 8.12. The predicted molar refractivity (Wildman–Crippen MR) is 115 cm³/mol. The van der Waals surface area contributed by atoms with Gasteiger partial charge in [0.05, 0.1) is 5.56 Å². The lowest BCUT2D eigenvalue weighted by atomic mass is 10.0. The quantitative estimate of drug-likeness (QED) is 0.210. The van der Waals surface area contributed by atoms with Crippen molar-refractivity contribution in [3.63, 3.8) is 0 Å². The van der Waals surface area contributed by atoms with Crippen LogP contribution in [0.25, 0.3) is 0 Å². The summed E-state index contributed by atoms with van der Waals surface area (Å²) in [7, 11) is 0. The first-order chi connectivity index (χ1) is 12.7. The van der Waals surface area contributed by atoms with Crippen molar-refractivity contribution in [2.75, 3.05) is 0 Å². The molecule has 26 heavy (non-hydrogen) atoms. The fourth-order valence-corrected chi connectivity index (χ4v) is 3.73. The van der Waals surface area contributed by atoms with Crippen LogP contribution in [0.15, 0.2) is 28.7 Å². The number of halogens is 1. The average Bonchev–Trinajstić information content (AvgIpc) is 2.63. The first-order valence-corrected chi connectivity index (χ1v) is 11.4. The van der Waals surface area contributed by atoms with Crippen LogP contribution in [-0.4, -0.2) is 12.1 Å². The molecule has 3 heteroatoms. The normalized spacial score (nSPS) is 12.1. The smallest absolute Gasteiger partial charge is 0.339 e. The number of hydrogen-bond acceptors (Lipinski definition) is 2. The Bertz CT molecular complexity index is 487. The summed E-state index contributed by atoms with van der Waals surface area (Å²) in [5.74, 6) is -0.206. The molecule has 0 aliphatic rings. The topological polar surface area (TPSA) is 26.3 Å². The van der Waals surface area contributed by atoms with Gasteiger partial charge in [0.2, 0.25) is 0 Å². The van der Waals surface area contributed by atoms with Gasteiger partial charge in [-0.25, -0.2) is 4.79 Å². The Hall–Kier alpha value is -0.830. The number of rotatable bonds is 15. The lowest BCUT2D eigenvalue weighted by molar-refractivity contribution is 0.0252. The summed E-state index contributed by atoms with van der Waals surface area (Å²) in [6, 6.07) is 7.48. The summed E-state index contributed by atoms with van der Waals surface area (Å²) in [6.07, 6.45) is 16.4. The van der Waals surface area contributed by atoms with E-state index in [4.69, 9.17) is 4.74 Å². The maximum absolute atomic E-state index is 12.4.